The van der Waals surface area contributed by atoms with Gasteiger partial charge in [-0.2, -0.15) is 0 Å². The van der Waals surface area contributed by atoms with Crippen molar-refractivity contribution in [3.63, 3.8) is 0 Å². The van der Waals surface area contributed by atoms with Crippen LogP contribution in [0.1, 0.15) is 34.8 Å². The molecule has 0 bridgehead atoms. The van der Waals surface area contributed by atoms with E-state index in [1.54, 1.807) is 18.3 Å². The Hall–Kier alpha value is -2.55. The molecule has 3 rings (SSSR count). The van der Waals surface area contributed by atoms with E-state index in [0.717, 1.165) is 22.1 Å². The average molecular weight is 477 g/mol. The summed E-state index contributed by atoms with van der Waals surface area (Å²) in [4.78, 5) is 24.2. The van der Waals surface area contributed by atoms with Crippen molar-refractivity contribution in [2.75, 3.05) is 11.9 Å². The summed E-state index contributed by atoms with van der Waals surface area (Å²) >= 11 is 2.15. The van der Waals surface area contributed by atoms with Crippen molar-refractivity contribution in [1.29, 1.82) is 0 Å². The molecule has 0 unspecified atom stereocenters. The molecule has 0 radical (unpaired) electrons. The summed E-state index contributed by atoms with van der Waals surface area (Å²) in [6.45, 7) is 3.29. The fraction of sp³-hybridized carbons (Fsp3) is 0.200. The van der Waals surface area contributed by atoms with Crippen molar-refractivity contribution in [2.24, 2.45) is 0 Å². The molecule has 0 saturated carbocycles. The van der Waals surface area contributed by atoms with Gasteiger partial charge in [0.1, 0.15) is 5.75 Å². The number of phenolic OH excluding ortho intramolecular Hbond substituents is 1. The molecule has 4 N–H and O–H groups in total. The molecule has 0 fully saturated rings. The average Bonchev–Trinajstić information content (AvgIpc) is 2.63. The van der Waals surface area contributed by atoms with Crippen LogP contribution in [0.3, 0.4) is 0 Å². The number of hydrogen-bond donors (Lipinski definition) is 4. The van der Waals surface area contributed by atoms with Crippen LogP contribution < -0.4 is 16.0 Å². The van der Waals surface area contributed by atoms with Gasteiger partial charge in [-0.15, -0.1) is 0 Å². The molecule has 1 heterocycles. The molecule has 0 saturated heterocycles. The fourth-order valence-electron chi connectivity index (χ4n) is 2.81. The van der Waals surface area contributed by atoms with Crippen LogP contribution in [0.2, 0.25) is 0 Å². The third-order valence-corrected chi connectivity index (χ3v) is 4.84. The van der Waals surface area contributed by atoms with E-state index in [0.29, 0.717) is 28.9 Å². The smallest absolute Gasteiger partial charge is 0.260 e. The van der Waals surface area contributed by atoms with Crippen LogP contribution >= 0.6 is 22.6 Å². The van der Waals surface area contributed by atoms with Crippen molar-refractivity contribution in [2.45, 2.75) is 19.9 Å². The summed E-state index contributed by atoms with van der Waals surface area (Å²) in [6, 6.07) is 10.8. The molecule has 0 aliphatic carbocycles. The van der Waals surface area contributed by atoms with Crippen LogP contribution in [0, 0.1) is 3.57 Å². The third-order valence-electron chi connectivity index (χ3n) is 4.17. The molecule has 7 heteroatoms. The van der Waals surface area contributed by atoms with E-state index >= 15 is 0 Å². The maximum Gasteiger partial charge on any atom is 0.260 e. The number of carbonyl (C=O) groups excluding carboxylic acids is 2. The Balaban J connectivity index is 1.76. The molecule has 2 amide bonds. The summed E-state index contributed by atoms with van der Waals surface area (Å²) in [7, 11) is 0. The SMILES string of the molecule is CCCNc1ccc(CN/C=C2\C(=O)NC(=O)c3ccc(I)cc32)cc1O. The van der Waals surface area contributed by atoms with Gasteiger partial charge in [0.25, 0.3) is 11.8 Å². The van der Waals surface area contributed by atoms with Crippen LogP contribution in [0.15, 0.2) is 42.6 Å². The Morgan fingerprint density at radius 3 is 2.67 bits per heavy atom. The van der Waals surface area contributed by atoms with Crippen LogP contribution in [0.25, 0.3) is 5.57 Å². The monoisotopic (exact) mass is 477 g/mol. The first kappa shape index (κ1) is 19.2. The quantitative estimate of drug-likeness (QED) is 0.222. The maximum atomic E-state index is 12.2. The maximum absolute atomic E-state index is 12.2. The van der Waals surface area contributed by atoms with E-state index < -0.39 is 5.91 Å². The first-order chi connectivity index (χ1) is 13.0. The lowest BCUT2D eigenvalue weighted by molar-refractivity contribution is -0.114. The molecule has 0 spiro atoms. The van der Waals surface area contributed by atoms with Gasteiger partial charge in [-0.1, -0.05) is 13.0 Å². The molecule has 0 aromatic heterocycles. The molecule has 6 nitrogen and oxygen atoms in total. The van der Waals surface area contributed by atoms with Gasteiger partial charge in [0, 0.05) is 34.0 Å². The number of fused-ring (bicyclic) bond motifs is 1. The van der Waals surface area contributed by atoms with Crippen LogP contribution in [-0.4, -0.2) is 23.5 Å². The Morgan fingerprint density at radius 2 is 1.93 bits per heavy atom. The zero-order chi connectivity index (χ0) is 19.4. The Bertz CT molecular complexity index is 925. The number of imide groups is 1. The largest absolute Gasteiger partial charge is 0.506 e. The lowest BCUT2D eigenvalue weighted by Gasteiger charge is -2.18. The summed E-state index contributed by atoms with van der Waals surface area (Å²) in [6.07, 6.45) is 2.58. The molecule has 1 aliphatic heterocycles. The molecule has 0 atom stereocenters. The van der Waals surface area contributed by atoms with E-state index in [1.165, 1.54) is 0 Å². The first-order valence-electron chi connectivity index (χ1n) is 8.64. The standard InChI is InChI=1S/C20H20IN3O3/c1-2-7-23-17-6-3-12(8-18(17)25)10-22-11-16-15-9-13(21)4-5-14(15)19(26)24-20(16)27/h3-6,8-9,11,22-23,25H,2,7,10H2,1H3,(H,24,26,27)/b16-11-. The number of rotatable bonds is 6. The van der Waals surface area contributed by atoms with Gasteiger partial charge in [-0.05, 0) is 64.9 Å². The van der Waals surface area contributed by atoms with Crippen LogP contribution in [0.4, 0.5) is 5.69 Å². The summed E-state index contributed by atoms with van der Waals surface area (Å²) in [5, 5.41) is 18.7. The van der Waals surface area contributed by atoms with Crippen LogP contribution in [0.5, 0.6) is 5.75 Å². The predicted molar refractivity (Wildman–Crippen MR) is 113 cm³/mol. The Kier molecular flexibility index (Phi) is 6.00. The highest BCUT2D eigenvalue weighted by Gasteiger charge is 2.27. The number of halogens is 1. The van der Waals surface area contributed by atoms with E-state index in [4.69, 9.17) is 0 Å². The molecule has 27 heavy (non-hydrogen) atoms. The zero-order valence-electron chi connectivity index (χ0n) is 14.8. The summed E-state index contributed by atoms with van der Waals surface area (Å²) < 4.78 is 0.944. The number of hydrogen-bond acceptors (Lipinski definition) is 5. The highest BCUT2D eigenvalue weighted by Crippen LogP contribution is 2.26. The number of benzene rings is 2. The molecule has 140 valence electrons. The number of amides is 2. The second-order valence-corrected chi connectivity index (χ2v) is 7.44. The second-order valence-electron chi connectivity index (χ2n) is 6.19. The van der Waals surface area contributed by atoms with E-state index in [1.807, 2.05) is 24.3 Å². The zero-order valence-corrected chi connectivity index (χ0v) is 17.0. The van der Waals surface area contributed by atoms with Gasteiger partial charge < -0.3 is 15.7 Å². The van der Waals surface area contributed by atoms with Crippen molar-refractivity contribution >= 4 is 45.7 Å². The molecule has 2 aromatic carbocycles. The Labute approximate surface area is 171 Å². The summed E-state index contributed by atoms with van der Waals surface area (Å²) in [5.41, 5.74) is 3.08. The summed E-state index contributed by atoms with van der Waals surface area (Å²) in [5.74, 6) is -0.621. The van der Waals surface area contributed by atoms with Gasteiger partial charge in [-0.25, -0.2) is 0 Å². The van der Waals surface area contributed by atoms with Crippen molar-refractivity contribution in [3.8, 4) is 5.75 Å². The number of phenols is 1. The van der Waals surface area contributed by atoms with Crippen molar-refractivity contribution in [3.05, 3.63) is 62.9 Å². The van der Waals surface area contributed by atoms with Gasteiger partial charge in [0.2, 0.25) is 0 Å². The van der Waals surface area contributed by atoms with E-state index in [9.17, 15) is 14.7 Å². The number of nitrogens with one attached hydrogen (secondary N) is 3. The van der Waals surface area contributed by atoms with Crippen molar-refractivity contribution in [1.82, 2.24) is 10.6 Å². The third kappa shape index (κ3) is 4.41. The first-order valence-corrected chi connectivity index (χ1v) is 9.72. The van der Waals surface area contributed by atoms with Crippen LogP contribution in [-0.2, 0) is 11.3 Å². The van der Waals surface area contributed by atoms with Gasteiger partial charge in [0.15, 0.2) is 0 Å². The molecular weight excluding hydrogens is 457 g/mol. The van der Waals surface area contributed by atoms with Crippen molar-refractivity contribution < 1.29 is 14.7 Å². The lowest BCUT2D eigenvalue weighted by Crippen LogP contribution is -2.37. The highest BCUT2D eigenvalue weighted by molar-refractivity contribution is 14.1. The fourth-order valence-corrected chi connectivity index (χ4v) is 3.30. The van der Waals surface area contributed by atoms with E-state index in [2.05, 4.69) is 45.5 Å². The highest BCUT2D eigenvalue weighted by atomic mass is 127. The molecular formula is C20H20IN3O3. The lowest BCUT2D eigenvalue weighted by atomic mass is 9.95. The second kappa shape index (κ2) is 8.43. The van der Waals surface area contributed by atoms with Gasteiger partial charge in [-0.3, -0.25) is 14.9 Å². The minimum absolute atomic E-state index is 0.191. The molecule has 2 aromatic rings. The minimum Gasteiger partial charge on any atom is -0.506 e. The van der Waals surface area contributed by atoms with Gasteiger partial charge >= 0.3 is 0 Å². The minimum atomic E-state index is -0.427. The molecule has 1 aliphatic rings. The topological polar surface area (TPSA) is 90.5 Å². The normalized spacial score (nSPS) is 14.7. The predicted octanol–water partition coefficient (Wildman–Crippen LogP) is 3.22. The van der Waals surface area contributed by atoms with Gasteiger partial charge in [0.05, 0.1) is 11.3 Å². The number of carbonyl (C=O) groups is 2. The Morgan fingerprint density at radius 1 is 1.11 bits per heavy atom. The number of anilines is 1. The number of aromatic hydroxyl groups is 1. The van der Waals surface area contributed by atoms with E-state index in [-0.39, 0.29) is 11.7 Å².